The molecule has 0 bridgehead atoms. The van der Waals surface area contributed by atoms with Gasteiger partial charge in [0, 0.05) is 17.1 Å². The first kappa shape index (κ1) is 14.8. The third-order valence-corrected chi connectivity index (χ3v) is 2.98. The zero-order chi connectivity index (χ0) is 15.2. The number of ketones is 1. The summed E-state index contributed by atoms with van der Waals surface area (Å²) in [7, 11) is 0. The number of anilines is 1. The van der Waals surface area contributed by atoms with Crippen LogP contribution in [0, 0.1) is 0 Å². The van der Waals surface area contributed by atoms with E-state index in [1.165, 1.54) is 0 Å². The van der Waals surface area contributed by atoms with Crippen molar-refractivity contribution in [2.45, 2.75) is 6.92 Å². The van der Waals surface area contributed by atoms with Crippen LogP contribution < -0.4 is 5.32 Å². The molecule has 1 aromatic carbocycles. The molecule has 0 aliphatic rings. The van der Waals surface area contributed by atoms with Crippen LogP contribution in [0.2, 0.25) is 0 Å². The van der Waals surface area contributed by atoms with Gasteiger partial charge < -0.3 is 4.74 Å². The predicted molar refractivity (Wildman–Crippen MR) is 75.3 cm³/mol. The number of hydrogen-bond acceptors (Lipinski definition) is 7. The Kier molecular flexibility index (Phi) is 4.72. The number of carbonyl (C=O) groups is 3. The smallest absolute Gasteiger partial charge is 0.383 e. The Morgan fingerprint density at radius 1 is 1.24 bits per heavy atom. The number of benzene rings is 1. The highest BCUT2D eigenvalue weighted by molar-refractivity contribution is 7.10. The summed E-state index contributed by atoms with van der Waals surface area (Å²) in [6.07, 6.45) is 0. The van der Waals surface area contributed by atoms with Crippen molar-refractivity contribution in [2.75, 3.05) is 11.9 Å². The van der Waals surface area contributed by atoms with Gasteiger partial charge in [0.2, 0.25) is 11.0 Å². The number of nitrogens with zero attached hydrogens (tertiary/aromatic N) is 2. The maximum absolute atomic E-state index is 11.9. The van der Waals surface area contributed by atoms with Gasteiger partial charge in [0.05, 0.1) is 6.61 Å². The second kappa shape index (κ2) is 6.71. The quantitative estimate of drug-likeness (QED) is 0.511. The topological polar surface area (TPSA) is 98.3 Å². The molecule has 0 radical (unpaired) electrons. The molecule has 0 saturated carbocycles. The lowest BCUT2D eigenvalue weighted by molar-refractivity contribution is -0.137. The average Bonchev–Trinajstić information content (AvgIpc) is 2.96. The van der Waals surface area contributed by atoms with Crippen molar-refractivity contribution in [2.24, 2.45) is 0 Å². The lowest BCUT2D eigenvalue weighted by Gasteiger charge is -2.00. The van der Waals surface area contributed by atoms with Gasteiger partial charge in [-0.05, 0) is 19.1 Å². The number of carbonyl (C=O) groups excluding carboxylic acids is 3. The molecule has 1 N–H and O–H groups in total. The number of esters is 1. The van der Waals surface area contributed by atoms with Gasteiger partial charge in [-0.2, -0.15) is 9.36 Å². The van der Waals surface area contributed by atoms with Crippen molar-refractivity contribution in [1.29, 1.82) is 0 Å². The van der Waals surface area contributed by atoms with Crippen LogP contribution in [-0.4, -0.2) is 33.6 Å². The normalized spacial score (nSPS) is 9.95. The van der Waals surface area contributed by atoms with E-state index in [1.54, 1.807) is 37.3 Å². The molecule has 1 amide bonds. The number of amides is 1. The highest BCUT2D eigenvalue weighted by Crippen LogP contribution is 2.13. The molecule has 0 aliphatic carbocycles. The summed E-state index contributed by atoms with van der Waals surface area (Å²) >= 11 is 0.815. The largest absolute Gasteiger partial charge is 0.460 e. The Morgan fingerprint density at radius 2 is 1.95 bits per heavy atom. The van der Waals surface area contributed by atoms with E-state index in [4.69, 9.17) is 0 Å². The van der Waals surface area contributed by atoms with Crippen molar-refractivity contribution in [3.8, 4) is 0 Å². The van der Waals surface area contributed by atoms with Gasteiger partial charge in [0.1, 0.15) is 0 Å². The number of ether oxygens (including phenoxy) is 1. The third kappa shape index (κ3) is 3.69. The Hall–Kier alpha value is -2.61. The molecular weight excluding hydrogens is 294 g/mol. The summed E-state index contributed by atoms with van der Waals surface area (Å²) in [6, 6.07) is 8.52. The second-order valence-corrected chi connectivity index (χ2v) is 4.54. The molecule has 0 aliphatic heterocycles. The first-order valence-electron chi connectivity index (χ1n) is 6.03. The molecular formula is C13H11N3O4S. The van der Waals surface area contributed by atoms with E-state index in [1.807, 2.05) is 0 Å². The van der Waals surface area contributed by atoms with Crippen molar-refractivity contribution in [3.63, 3.8) is 0 Å². The van der Waals surface area contributed by atoms with Crippen LogP contribution in [0.5, 0.6) is 0 Å². The number of hydrogen-bond donors (Lipinski definition) is 1. The van der Waals surface area contributed by atoms with Crippen LogP contribution in [0.3, 0.4) is 0 Å². The molecule has 108 valence electrons. The molecule has 7 nitrogen and oxygen atoms in total. The Morgan fingerprint density at radius 3 is 2.62 bits per heavy atom. The number of nitrogens with one attached hydrogen (secondary N) is 1. The monoisotopic (exact) mass is 305 g/mol. The fraction of sp³-hybridized carbons (Fsp3) is 0.154. The van der Waals surface area contributed by atoms with Crippen molar-refractivity contribution in [1.82, 2.24) is 9.36 Å². The van der Waals surface area contributed by atoms with E-state index in [-0.39, 0.29) is 23.5 Å². The van der Waals surface area contributed by atoms with Crippen molar-refractivity contribution in [3.05, 3.63) is 41.7 Å². The van der Waals surface area contributed by atoms with Gasteiger partial charge in [-0.15, -0.1) is 0 Å². The minimum absolute atomic E-state index is 0.0896. The molecule has 2 rings (SSSR count). The molecule has 8 heteroatoms. The minimum Gasteiger partial charge on any atom is -0.460 e. The van der Waals surface area contributed by atoms with Crippen molar-refractivity contribution < 1.29 is 19.1 Å². The molecule has 0 spiro atoms. The zero-order valence-corrected chi connectivity index (χ0v) is 11.8. The zero-order valence-electron chi connectivity index (χ0n) is 11.0. The second-order valence-electron chi connectivity index (χ2n) is 3.79. The van der Waals surface area contributed by atoms with Crippen LogP contribution in [0.1, 0.15) is 27.9 Å². The molecule has 0 atom stereocenters. The van der Waals surface area contributed by atoms with Gasteiger partial charge in [0.15, 0.2) is 0 Å². The summed E-state index contributed by atoms with van der Waals surface area (Å²) in [4.78, 5) is 38.5. The third-order valence-electron chi connectivity index (χ3n) is 2.35. The van der Waals surface area contributed by atoms with E-state index in [9.17, 15) is 14.4 Å². The highest BCUT2D eigenvalue weighted by atomic mass is 32.1. The maximum atomic E-state index is 11.9. The number of aromatic nitrogens is 2. The molecule has 1 aromatic heterocycles. The average molecular weight is 305 g/mol. The molecule has 0 unspecified atom stereocenters. The lowest BCUT2D eigenvalue weighted by atomic mass is 10.2. The SMILES string of the molecule is CCOC(=O)C(=O)c1nsc(NC(=O)c2ccccc2)n1. The van der Waals surface area contributed by atoms with Crippen LogP contribution in [-0.2, 0) is 9.53 Å². The van der Waals surface area contributed by atoms with Gasteiger partial charge in [0.25, 0.3) is 5.91 Å². The molecule has 21 heavy (non-hydrogen) atoms. The fourth-order valence-corrected chi connectivity index (χ4v) is 1.98. The van der Waals surface area contributed by atoms with E-state index in [2.05, 4.69) is 19.4 Å². The Bertz CT molecular complexity index is 669. The molecule has 0 saturated heterocycles. The maximum Gasteiger partial charge on any atom is 0.383 e. The van der Waals surface area contributed by atoms with Crippen LogP contribution in [0.25, 0.3) is 0 Å². The lowest BCUT2D eigenvalue weighted by Crippen LogP contribution is -2.19. The van der Waals surface area contributed by atoms with Gasteiger partial charge in [-0.3, -0.25) is 14.9 Å². The minimum atomic E-state index is -1.02. The molecule has 0 fully saturated rings. The Labute approximate surface area is 124 Å². The summed E-state index contributed by atoms with van der Waals surface area (Å²) in [5.74, 6) is -2.62. The summed E-state index contributed by atoms with van der Waals surface area (Å²) in [5, 5.41) is 2.64. The number of Topliss-reactive ketones (excluding diaryl/α,β-unsaturated/α-hetero) is 1. The van der Waals surface area contributed by atoms with Crippen LogP contribution >= 0.6 is 11.5 Å². The summed E-state index contributed by atoms with van der Waals surface area (Å²) in [6.45, 7) is 1.68. The van der Waals surface area contributed by atoms with Crippen LogP contribution in [0.4, 0.5) is 5.13 Å². The predicted octanol–water partition coefficient (Wildman–Crippen LogP) is 1.54. The van der Waals surface area contributed by atoms with Crippen LogP contribution in [0.15, 0.2) is 30.3 Å². The van der Waals surface area contributed by atoms with E-state index >= 15 is 0 Å². The fourth-order valence-electron chi connectivity index (χ4n) is 1.41. The van der Waals surface area contributed by atoms with E-state index in [0.29, 0.717) is 5.56 Å². The summed E-state index contributed by atoms with van der Waals surface area (Å²) in [5.41, 5.74) is 0.450. The molecule has 2 aromatic rings. The van der Waals surface area contributed by atoms with E-state index in [0.717, 1.165) is 11.5 Å². The standard InChI is InChI=1S/C13H11N3O4S/c1-2-20-12(19)9(17)10-14-13(21-16-10)15-11(18)8-6-4-3-5-7-8/h3-7H,2H2,1H3,(H,14,15,16,18). The van der Waals surface area contributed by atoms with Gasteiger partial charge in [-0.25, -0.2) is 4.79 Å². The first-order valence-corrected chi connectivity index (χ1v) is 6.80. The Balaban J connectivity index is 2.05. The number of rotatable bonds is 5. The van der Waals surface area contributed by atoms with E-state index < -0.39 is 11.8 Å². The highest BCUT2D eigenvalue weighted by Gasteiger charge is 2.23. The van der Waals surface area contributed by atoms with Crippen molar-refractivity contribution >= 4 is 34.3 Å². The first-order chi connectivity index (χ1) is 10.1. The van der Waals surface area contributed by atoms with Gasteiger partial charge in [-0.1, -0.05) is 18.2 Å². The molecule has 1 heterocycles. The van der Waals surface area contributed by atoms with Gasteiger partial charge >= 0.3 is 11.8 Å². The summed E-state index contributed by atoms with van der Waals surface area (Å²) < 4.78 is 8.30.